The second-order valence-electron chi connectivity index (χ2n) is 9.58. The van der Waals surface area contributed by atoms with Crippen molar-refractivity contribution >= 4 is 32.7 Å². The van der Waals surface area contributed by atoms with Gasteiger partial charge in [-0.15, -0.1) is 0 Å². The number of ether oxygens (including phenoxy) is 1. The fraction of sp³-hybridized carbons (Fsp3) is 0.276. The average molecular weight is 515 g/mol. The predicted molar refractivity (Wildman–Crippen MR) is 139 cm³/mol. The minimum Gasteiger partial charge on any atom is -0.497 e. The van der Waals surface area contributed by atoms with Gasteiger partial charge in [0, 0.05) is 39.6 Å². The number of carbonyl (C=O) groups excluding carboxylic acids is 1. The number of piperidine rings is 1. The van der Waals surface area contributed by atoms with Gasteiger partial charge in [-0.05, 0) is 82.6 Å². The Bertz CT molecular complexity index is 1380. The summed E-state index contributed by atoms with van der Waals surface area (Å²) >= 11 is 3.73. The van der Waals surface area contributed by atoms with Crippen molar-refractivity contribution < 1.29 is 9.53 Å². The lowest BCUT2D eigenvalue weighted by Gasteiger charge is -2.51. The zero-order valence-electron chi connectivity index (χ0n) is 19.2. The number of likely N-dealkylation sites (tertiary alicyclic amines) is 1. The summed E-state index contributed by atoms with van der Waals surface area (Å²) in [6, 6.07) is 24.6. The second-order valence-corrected chi connectivity index (χ2v) is 10.4. The molecule has 0 spiro atoms. The zero-order chi connectivity index (χ0) is 23.3. The number of rotatable bonds is 3. The minimum absolute atomic E-state index is 0.0393. The lowest BCUT2D eigenvalue weighted by molar-refractivity contribution is 0.0501. The number of benzene rings is 3. The molecule has 0 radical (unpaired) electrons. The number of carbonyl (C=O) groups is 1. The lowest BCUT2D eigenvalue weighted by atomic mass is 9.58. The summed E-state index contributed by atoms with van der Waals surface area (Å²) in [5, 5.41) is 1.29. The molecule has 5 heteroatoms. The first-order chi connectivity index (χ1) is 16.6. The average Bonchev–Trinajstić information content (AvgIpc) is 3.25. The van der Waals surface area contributed by atoms with Gasteiger partial charge in [0.1, 0.15) is 5.75 Å². The van der Waals surface area contributed by atoms with Gasteiger partial charge in [-0.3, -0.25) is 4.79 Å². The molecule has 34 heavy (non-hydrogen) atoms. The number of H-pyrrole nitrogens is 1. The van der Waals surface area contributed by atoms with Crippen LogP contribution in [0.4, 0.5) is 0 Å². The number of aromatic amines is 1. The van der Waals surface area contributed by atoms with Crippen LogP contribution in [0.2, 0.25) is 0 Å². The molecule has 3 aromatic carbocycles. The summed E-state index contributed by atoms with van der Waals surface area (Å²) in [4.78, 5) is 19.2. The van der Waals surface area contributed by atoms with Crippen molar-refractivity contribution in [1.29, 1.82) is 0 Å². The van der Waals surface area contributed by atoms with E-state index >= 15 is 0 Å². The van der Waals surface area contributed by atoms with Crippen molar-refractivity contribution in [3.05, 3.63) is 99.7 Å². The number of halogens is 1. The molecule has 1 N–H and O–H groups in total. The number of hydrogen-bond acceptors (Lipinski definition) is 2. The molecule has 0 bridgehead atoms. The zero-order valence-corrected chi connectivity index (χ0v) is 20.8. The highest BCUT2D eigenvalue weighted by Crippen LogP contribution is 2.50. The summed E-state index contributed by atoms with van der Waals surface area (Å²) < 4.78 is 6.69. The van der Waals surface area contributed by atoms with Crippen molar-refractivity contribution in [2.45, 2.75) is 24.7 Å². The van der Waals surface area contributed by atoms with Crippen LogP contribution in [0.1, 0.15) is 33.6 Å². The molecule has 172 valence electrons. The fourth-order valence-electron chi connectivity index (χ4n) is 6.16. The summed E-state index contributed by atoms with van der Waals surface area (Å²) in [6.45, 7) is 1.51. The highest BCUT2D eigenvalue weighted by atomic mass is 79.9. The third kappa shape index (κ3) is 3.37. The van der Waals surface area contributed by atoms with Gasteiger partial charge >= 0.3 is 0 Å². The normalized spacial score (nSPS) is 21.7. The van der Waals surface area contributed by atoms with E-state index in [1.165, 1.54) is 27.7 Å². The van der Waals surface area contributed by atoms with Crippen LogP contribution in [0, 0.1) is 5.92 Å². The quantitative estimate of drug-likeness (QED) is 0.357. The largest absolute Gasteiger partial charge is 0.497 e. The van der Waals surface area contributed by atoms with Crippen LogP contribution in [0.5, 0.6) is 5.75 Å². The molecule has 0 saturated carbocycles. The number of nitrogens with one attached hydrogen (secondary N) is 1. The molecule has 2 heterocycles. The Morgan fingerprint density at radius 2 is 1.91 bits per heavy atom. The molecular weight excluding hydrogens is 488 g/mol. The van der Waals surface area contributed by atoms with Crippen LogP contribution in [0.15, 0.2) is 77.3 Å². The van der Waals surface area contributed by atoms with Gasteiger partial charge < -0.3 is 14.6 Å². The maximum absolute atomic E-state index is 13.4. The van der Waals surface area contributed by atoms with Crippen molar-refractivity contribution in [1.82, 2.24) is 9.88 Å². The van der Waals surface area contributed by atoms with E-state index in [4.69, 9.17) is 4.74 Å². The maximum atomic E-state index is 13.4. The fourth-order valence-corrected chi connectivity index (χ4v) is 6.63. The number of methoxy groups -OCH3 is 1. The highest BCUT2D eigenvalue weighted by Gasteiger charge is 2.49. The Labute approximate surface area is 208 Å². The molecule has 1 aliphatic heterocycles. The highest BCUT2D eigenvalue weighted by molar-refractivity contribution is 9.10. The molecule has 1 unspecified atom stereocenters. The van der Waals surface area contributed by atoms with Crippen molar-refractivity contribution in [2.24, 2.45) is 5.92 Å². The first-order valence-electron chi connectivity index (χ1n) is 11.9. The molecule has 1 saturated heterocycles. The number of hydrogen-bond donors (Lipinski definition) is 1. The summed E-state index contributed by atoms with van der Waals surface area (Å²) in [7, 11) is 1.73. The molecule has 4 aromatic rings. The van der Waals surface area contributed by atoms with Crippen molar-refractivity contribution in [3.8, 4) is 5.75 Å². The number of aromatic nitrogens is 1. The van der Waals surface area contributed by atoms with E-state index in [0.717, 1.165) is 48.1 Å². The monoisotopic (exact) mass is 514 g/mol. The van der Waals surface area contributed by atoms with Crippen LogP contribution in [-0.2, 0) is 18.3 Å². The molecule has 1 aromatic heterocycles. The number of nitrogens with zero attached hydrogens (tertiary/aromatic N) is 1. The van der Waals surface area contributed by atoms with Crippen LogP contribution in [0.25, 0.3) is 10.9 Å². The van der Waals surface area contributed by atoms with Gasteiger partial charge in [-0.2, -0.15) is 0 Å². The maximum Gasteiger partial charge on any atom is 0.253 e. The summed E-state index contributed by atoms with van der Waals surface area (Å²) in [5.41, 5.74) is 5.93. The Hall–Kier alpha value is -3.05. The number of amides is 1. The first-order valence-corrected chi connectivity index (χ1v) is 12.6. The van der Waals surface area contributed by atoms with E-state index in [1.807, 2.05) is 36.4 Å². The summed E-state index contributed by atoms with van der Waals surface area (Å²) in [6.07, 6.45) is 2.82. The van der Waals surface area contributed by atoms with Gasteiger partial charge in [-0.25, -0.2) is 0 Å². The van der Waals surface area contributed by atoms with Crippen molar-refractivity contribution in [3.63, 3.8) is 0 Å². The van der Waals surface area contributed by atoms with Crippen LogP contribution >= 0.6 is 15.9 Å². The number of para-hydroxylation sites is 1. The Balaban J connectivity index is 1.44. The minimum atomic E-state index is -0.0393. The molecule has 1 aliphatic carbocycles. The van der Waals surface area contributed by atoms with E-state index in [2.05, 4.69) is 62.2 Å². The van der Waals surface area contributed by atoms with Crippen LogP contribution in [0.3, 0.4) is 0 Å². The molecule has 2 aliphatic rings. The molecule has 6 rings (SSSR count). The van der Waals surface area contributed by atoms with Crippen molar-refractivity contribution in [2.75, 3.05) is 20.2 Å². The predicted octanol–water partition coefficient (Wildman–Crippen LogP) is 6.14. The van der Waals surface area contributed by atoms with Gasteiger partial charge in [0.05, 0.1) is 12.6 Å². The molecule has 2 atom stereocenters. The molecule has 1 fully saturated rings. The SMILES string of the molecule is COc1cccc([C@]23CCN(C(=O)c4ccccc4)CC2Cc2c([nH]c4c(Br)cccc24)C3)c1. The summed E-state index contributed by atoms with van der Waals surface area (Å²) in [5.74, 6) is 1.34. The molecule has 4 nitrogen and oxygen atoms in total. The van der Waals surface area contributed by atoms with E-state index in [1.54, 1.807) is 7.11 Å². The van der Waals surface area contributed by atoms with E-state index in [9.17, 15) is 4.79 Å². The first kappa shape index (κ1) is 21.5. The van der Waals surface area contributed by atoms with Crippen LogP contribution in [-0.4, -0.2) is 36.0 Å². The van der Waals surface area contributed by atoms with E-state index in [0.29, 0.717) is 5.92 Å². The van der Waals surface area contributed by atoms with Gasteiger partial charge in [0.2, 0.25) is 0 Å². The second kappa shape index (κ2) is 8.31. The lowest BCUT2D eigenvalue weighted by Crippen LogP contribution is -2.55. The Morgan fingerprint density at radius 1 is 1.09 bits per heavy atom. The van der Waals surface area contributed by atoms with Gasteiger partial charge in [0.25, 0.3) is 5.91 Å². The topological polar surface area (TPSA) is 45.3 Å². The molecule has 1 amide bonds. The van der Waals surface area contributed by atoms with Gasteiger partial charge in [0.15, 0.2) is 0 Å². The van der Waals surface area contributed by atoms with E-state index in [-0.39, 0.29) is 11.3 Å². The third-order valence-electron chi connectivity index (χ3n) is 7.92. The van der Waals surface area contributed by atoms with Crippen LogP contribution < -0.4 is 4.74 Å². The van der Waals surface area contributed by atoms with Gasteiger partial charge in [-0.1, -0.05) is 42.5 Å². The Kier molecular flexibility index (Phi) is 5.25. The third-order valence-corrected chi connectivity index (χ3v) is 8.59. The molecular formula is C29H27BrN2O2. The smallest absolute Gasteiger partial charge is 0.253 e. The van der Waals surface area contributed by atoms with E-state index < -0.39 is 0 Å². The standard InChI is InChI=1S/C29H27BrN2O2/c1-34-22-10-5-9-20(15-22)29-13-14-32(28(33)19-7-3-2-4-8-19)18-21(29)16-24-23-11-6-12-25(30)27(23)31-26(24)17-29/h2-12,15,21,31H,13-14,16-18H2,1H3/t21?,29-/m1/s1. The number of fused-ring (bicyclic) bond motifs is 4. The Morgan fingerprint density at radius 3 is 2.74 bits per heavy atom.